The first-order valence-corrected chi connectivity index (χ1v) is 29.3. The summed E-state index contributed by atoms with van der Waals surface area (Å²) >= 11 is 0. The van der Waals surface area contributed by atoms with Crippen LogP contribution in [0, 0.1) is 72.1 Å². The van der Waals surface area contributed by atoms with Crippen LogP contribution >= 0.6 is 0 Å². The first-order chi connectivity index (χ1) is 40.7. The minimum atomic E-state index is -0.325. The van der Waals surface area contributed by atoms with Gasteiger partial charge in [-0.2, -0.15) is 0 Å². The topological polar surface area (TPSA) is 61.8 Å². The fourth-order valence-electron chi connectivity index (χ4n) is 9.49. The number of fused-ring (bicyclic) bond motifs is 1. The van der Waals surface area contributed by atoms with Crippen LogP contribution in [-0.2, 0) is 24.2 Å². The van der Waals surface area contributed by atoms with Gasteiger partial charge in [0, 0.05) is 11.1 Å². The fraction of sp³-hybridized carbons (Fsp3) is 0.215. The van der Waals surface area contributed by atoms with E-state index < -0.39 is 0 Å². The minimum Gasteiger partial charge on any atom is -0.489 e. The van der Waals surface area contributed by atoms with Crippen molar-refractivity contribution in [3.8, 4) is 40.2 Å². The van der Waals surface area contributed by atoms with E-state index in [0.29, 0.717) is 23.7 Å². The summed E-state index contributed by atoms with van der Waals surface area (Å²) < 4.78 is 16.6. The second-order valence-electron chi connectivity index (χ2n) is 22.4. The molecule has 5 nitrogen and oxygen atoms in total. The molecule has 0 unspecified atom stereocenters. The van der Waals surface area contributed by atoms with Gasteiger partial charge in [-0.15, -0.1) is 0 Å². The summed E-state index contributed by atoms with van der Waals surface area (Å²) in [7, 11) is 0. The lowest BCUT2D eigenvalue weighted by molar-refractivity contribution is -0.140. The van der Waals surface area contributed by atoms with Crippen LogP contribution in [0.15, 0.2) is 231 Å². The third-order valence-electron chi connectivity index (χ3n) is 15.0. The molecule has 5 heteroatoms. The fourth-order valence-corrected chi connectivity index (χ4v) is 9.49. The van der Waals surface area contributed by atoms with Gasteiger partial charge in [-0.1, -0.05) is 215 Å². The molecular formula is C79H78O5. The van der Waals surface area contributed by atoms with E-state index in [-0.39, 0.29) is 17.9 Å². The Balaban J connectivity index is 0.000000147. The van der Waals surface area contributed by atoms with Crippen LogP contribution in [-0.4, -0.2) is 11.9 Å². The Bertz CT molecular complexity index is 3730. The monoisotopic (exact) mass is 1110 g/mol. The average molecular weight is 1110 g/mol. The number of hydrogen-bond acceptors (Lipinski definition) is 5. The molecule has 424 valence electrons. The summed E-state index contributed by atoms with van der Waals surface area (Å²) in [6.07, 6.45) is 6.20. The molecule has 10 aromatic carbocycles. The van der Waals surface area contributed by atoms with E-state index in [1.807, 2.05) is 98.8 Å². The number of carbonyl (C=O) groups is 2. The molecule has 0 aliphatic heterocycles. The van der Waals surface area contributed by atoms with Crippen LogP contribution < -0.4 is 14.2 Å². The predicted octanol–water partition coefficient (Wildman–Crippen LogP) is 19.4. The zero-order valence-electron chi connectivity index (χ0n) is 50.1. The lowest BCUT2D eigenvalue weighted by Gasteiger charge is -2.24. The zero-order chi connectivity index (χ0) is 59.2. The molecule has 0 radical (unpaired) electrons. The molecule has 0 aromatic heterocycles. The van der Waals surface area contributed by atoms with E-state index in [1.54, 1.807) is 0 Å². The van der Waals surface area contributed by atoms with Gasteiger partial charge in [0.1, 0.15) is 23.9 Å². The second kappa shape index (κ2) is 30.7. The molecule has 0 saturated heterocycles. The van der Waals surface area contributed by atoms with Crippen molar-refractivity contribution in [2.24, 2.45) is 11.8 Å². The van der Waals surface area contributed by atoms with Gasteiger partial charge in [0.25, 0.3) is 0 Å². The number of carbonyl (C=O) groups excluding carboxylic acids is 2. The maximum Gasteiger partial charge on any atom is 0.343 e. The summed E-state index contributed by atoms with van der Waals surface area (Å²) in [6.45, 7) is 17.3. The first kappa shape index (κ1) is 60.8. The Morgan fingerprint density at radius 2 is 0.762 bits per heavy atom. The zero-order valence-corrected chi connectivity index (χ0v) is 50.1. The van der Waals surface area contributed by atoms with E-state index in [9.17, 15) is 9.59 Å². The smallest absolute Gasteiger partial charge is 0.343 e. The molecule has 11 rings (SSSR count). The molecule has 0 heterocycles. The van der Waals surface area contributed by atoms with Gasteiger partial charge in [0.15, 0.2) is 0 Å². The summed E-state index contributed by atoms with van der Waals surface area (Å²) in [4.78, 5) is 24.1. The summed E-state index contributed by atoms with van der Waals surface area (Å²) in [5.74, 6) is 9.08. The van der Waals surface area contributed by atoms with Crippen molar-refractivity contribution < 1.29 is 23.8 Å². The van der Waals surface area contributed by atoms with Gasteiger partial charge >= 0.3 is 11.9 Å². The molecule has 0 bridgehead atoms. The Kier molecular flexibility index (Phi) is 22.2. The minimum absolute atomic E-state index is 0.0549. The van der Waals surface area contributed by atoms with Crippen molar-refractivity contribution in [2.45, 2.75) is 101 Å². The van der Waals surface area contributed by atoms with E-state index in [0.717, 1.165) is 66.9 Å². The van der Waals surface area contributed by atoms with Crippen molar-refractivity contribution in [1.82, 2.24) is 0 Å². The van der Waals surface area contributed by atoms with Crippen LogP contribution in [0.5, 0.6) is 17.2 Å². The largest absolute Gasteiger partial charge is 0.489 e. The number of esters is 2. The molecule has 0 N–H and O–H groups in total. The molecule has 0 amide bonds. The average Bonchev–Trinajstić information content (AvgIpc) is 3.55. The van der Waals surface area contributed by atoms with Gasteiger partial charge < -0.3 is 14.2 Å². The maximum atomic E-state index is 12.2. The van der Waals surface area contributed by atoms with E-state index in [4.69, 9.17) is 14.2 Å². The van der Waals surface area contributed by atoms with Crippen molar-refractivity contribution >= 4 is 22.7 Å². The van der Waals surface area contributed by atoms with Crippen LogP contribution in [0.4, 0.5) is 0 Å². The van der Waals surface area contributed by atoms with Gasteiger partial charge in [0.2, 0.25) is 0 Å². The van der Waals surface area contributed by atoms with Gasteiger partial charge in [0.05, 0.1) is 11.5 Å². The molecular weight excluding hydrogens is 1030 g/mol. The van der Waals surface area contributed by atoms with Gasteiger partial charge in [-0.3, -0.25) is 4.79 Å². The molecule has 1 saturated carbocycles. The summed E-state index contributed by atoms with van der Waals surface area (Å²) in [5, 5.41) is 2.51. The Hall–Kier alpha value is -9.24. The van der Waals surface area contributed by atoms with Crippen LogP contribution in [0.2, 0.25) is 0 Å². The molecule has 0 atom stereocenters. The molecule has 1 fully saturated rings. The predicted molar refractivity (Wildman–Crippen MR) is 347 cm³/mol. The Morgan fingerprint density at radius 1 is 0.381 bits per heavy atom. The Morgan fingerprint density at radius 3 is 1.30 bits per heavy atom. The number of hydrogen-bond donors (Lipinski definition) is 0. The lowest BCUT2D eigenvalue weighted by atomic mass is 9.83. The second-order valence-corrected chi connectivity index (χ2v) is 22.4. The molecule has 0 spiro atoms. The number of ether oxygens (including phenoxy) is 3. The van der Waals surface area contributed by atoms with Crippen molar-refractivity contribution in [2.75, 3.05) is 0 Å². The van der Waals surface area contributed by atoms with E-state index in [2.05, 4.69) is 199 Å². The number of rotatable bonds is 11. The summed E-state index contributed by atoms with van der Waals surface area (Å²) in [5.41, 5.74) is 17.6. The van der Waals surface area contributed by atoms with Crippen molar-refractivity contribution in [3.63, 3.8) is 0 Å². The molecule has 1 aliphatic rings. The first-order valence-electron chi connectivity index (χ1n) is 29.3. The SMILES string of the molecule is Cc1ccc(C#Cc2ccc3cc(C)ccc3c2)cc1.Cc1ccc(CCc2ccc(C(=O)Oc3ccc(C)cc3)cc2)cc1.Cc1ccc(OC(=O)C2CCC(C)CC2)cc1.Cc1ccc(OCc2ccc(-c3ccc(C)cc3)cc2)cc1. The highest BCUT2D eigenvalue weighted by atomic mass is 16.5. The van der Waals surface area contributed by atoms with Gasteiger partial charge in [-0.05, 0) is 204 Å². The number of benzene rings is 10. The molecule has 1 aliphatic carbocycles. The maximum absolute atomic E-state index is 12.2. The Labute approximate surface area is 499 Å². The quantitative estimate of drug-likeness (QED) is 0.0734. The molecule has 10 aromatic rings. The van der Waals surface area contributed by atoms with Gasteiger partial charge in [-0.25, -0.2) is 4.79 Å². The number of aryl methyl sites for hydroxylation is 9. The third kappa shape index (κ3) is 19.7. The highest BCUT2D eigenvalue weighted by Crippen LogP contribution is 2.30. The highest BCUT2D eigenvalue weighted by Gasteiger charge is 2.26. The van der Waals surface area contributed by atoms with E-state index in [1.165, 1.54) is 72.0 Å². The van der Waals surface area contributed by atoms with E-state index >= 15 is 0 Å². The van der Waals surface area contributed by atoms with Crippen LogP contribution in [0.25, 0.3) is 21.9 Å². The van der Waals surface area contributed by atoms with Crippen LogP contribution in [0.1, 0.15) is 110 Å². The van der Waals surface area contributed by atoms with Crippen molar-refractivity contribution in [1.29, 1.82) is 0 Å². The summed E-state index contributed by atoms with van der Waals surface area (Å²) in [6, 6.07) is 77.9. The normalized spacial score (nSPS) is 13.2. The standard InChI is InChI=1S/C23H22O2.C21H20O.C20H16.C15H20O2/c1-17-3-7-19(8-4-17)9-10-20-11-13-21(14-12-20)23(24)25-22-15-5-18(2)6-16-22;1-16-3-9-19(10-4-16)20-11-7-18(8-12-20)15-22-21-13-5-17(2)6-14-21;1-15-3-6-17(7-4-15)8-9-18-10-12-19-13-16(2)5-11-20(19)14-18;1-11-3-7-13(8-4-11)15(16)17-14-9-5-12(2)6-10-14/h3-8,11-16H,9-10H2,1-2H3;3-14H,15H2,1-2H3;3-7,10-14H,1-2H3;5-6,9-11,13H,3-4,7-8H2,1-2H3. The molecule has 84 heavy (non-hydrogen) atoms. The third-order valence-corrected chi connectivity index (χ3v) is 15.0. The highest BCUT2D eigenvalue weighted by molar-refractivity contribution is 5.91. The van der Waals surface area contributed by atoms with Crippen molar-refractivity contribution in [3.05, 3.63) is 303 Å². The lowest BCUT2D eigenvalue weighted by Crippen LogP contribution is -2.24. The van der Waals surface area contributed by atoms with Crippen LogP contribution in [0.3, 0.4) is 0 Å².